The highest BCUT2D eigenvalue weighted by Gasteiger charge is 1.97. The van der Waals surface area contributed by atoms with Gasteiger partial charge in [-0.2, -0.15) is 0 Å². The van der Waals surface area contributed by atoms with Crippen LogP contribution in [0.1, 0.15) is 67.2 Å². The van der Waals surface area contributed by atoms with Crippen molar-refractivity contribution in [3.05, 3.63) is 0 Å². The Morgan fingerprint density at radius 1 is 0.654 bits per heavy atom. The number of unbranched alkanes of at least 4 members (excludes halogenated alkanes) is 1. The predicted molar refractivity (Wildman–Crippen MR) is 109 cm³/mol. The van der Waals surface area contributed by atoms with Crippen LogP contribution in [0.3, 0.4) is 0 Å². The van der Waals surface area contributed by atoms with Crippen molar-refractivity contribution in [1.29, 1.82) is 0 Å². The first-order valence-corrected chi connectivity index (χ1v) is 10.4. The Bertz CT molecular complexity index is 240. The number of hydrogen-bond acceptors (Lipinski definition) is 5. The third-order valence-corrected chi connectivity index (χ3v) is 2.80. The lowest BCUT2D eigenvalue weighted by Gasteiger charge is -2.08. The van der Waals surface area contributed by atoms with E-state index in [-0.39, 0.29) is 5.91 Å². The molecule has 0 rings (SSSR count). The van der Waals surface area contributed by atoms with Gasteiger partial charge in [-0.05, 0) is 12.8 Å². The summed E-state index contributed by atoms with van der Waals surface area (Å²) in [7, 11) is 0. The molecule has 0 saturated carbocycles. The zero-order valence-corrected chi connectivity index (χ0v) is 18.2. The van der Waals surface area contributed by atoms with Crippen LogP contribution >= 0.6 is 0 Å². The summed E-state index contributed by atoms with van der Waals surface area (Å²) in [6.07, 6.45) is 3.70. The highest BCUT2D eigenvalue weighted by molar-refractivity contribution is 5.75. The average Bonchev–Trinajstić information content (AvgIpc) is 2.68. The Morgan fingerprint density at radius 3 is 1.50 bits per heavy atom. The second-order valence-corrected chi connectivity index (χ2v) is 4.90. The van der Waals surface area contributed by atoms with Crippen LogP contribution < -0.4 is 5.32 Å². The summed E-state index contributed by atoms with van der Waals surface area (Å²) in [5.74, 6) is 0.0816. The lowest BCUT2D eigenvalue weighted by molar-refractivity contribution is -0.121. The summed E-state index contributed by atoms with van der Waals surface area (Å²) >= 11 is 0. The molecule has 0 heterocycles. The number of ether oxygens (including phenoxy) is 4. The molecule has 0 saturated heterocycles. The maximum absolute atomic E-state index is 11.2. The van der Waals surface area contributed by atoms with E-state index >= 15 is 0 Å². The molecule has 1 N–H and O–H groups in total. The largest absolute Gasteiger partial charge is 0.379 e. The number of nitrogens with one attached hydrogen (secondary N) is 1. The molecule has 1 amide bonds. The third-order valence-electron chi connectivity index (χ3n) is 2.80. The average molecular weight is 380 g/mol. The number of rotatable bonds is 17. The molecule has 0 bridgehead atoms. The van der Waals surface area contributed by atoms with Gasteiger partial charge in [0.15, 0.2) is 0 Å². The minimum absolute atomic E-state index is 0.0816. The van der Waals surface area contributed by atoms with Crippen LogP contribution in [0.5, 0.6) is 0 Å². The maximum atomic E-state index is 11.2. The standard InChI is InChI=1S/C16H33NO5.2C2H6/c1-3-5-8-19-10-12-21-14-15-22-13-11-20-9-7-17-16(18)6-4-2;2*1-2/h3-15H2,1-2H3,(H,17,18);2*1-2H3. The molecule has 6 heteroatoms. The van der Waals surface area contributed by atoms with Crippen molar-refractivity contribution in [1.82, 2.24) is 5.32 Å². The molecule has 0 unspecified atom stereocenters. The van der Waals surface area contributed by atoms with E-state index in [0.29, 0.717) is 59.2 Å². The highest BCUT2D eigenvalue weighted by atomic mass is 16.6. The molecule has 0 aromatic rings. The molecule has 6 nitrogen and oxygen atoms in total. The van der Waals surface area contributed by atoms with Crippen LogP contribution in [0.2, 0.25) is 0 Å². The van der Waals surface area contributed by atoms with Gasteiger partial charge < -0.3 is 24.3 Å². The first-order chi connectivity index (χ1) is 12.8. The van der Waals surface area contributed by atoms with Crippen molar-refractivity contribution in [3.63, 3.8) is 0 Å². The summed E-state index contributed by atoms with van der Waals surface area (Å²) in [5, 5.41) is 2.79. The first-order valence-electron chi connectivity index (χ1n) is 10.4. The lowest BCUT2D eigenvalue weighted by atomic mass is 10.3. The fourth-order valence-electron chi connectivity index (χ4n) is 1.59. The summed E-state index contributed by atoms with van der Waals surface area (Å²) in [5.41, 5.74) is 0. The van der Waals surface area contributed by atoms with Crippen molar-refractivity contribution in [2.45, 2.75) is 67.2 Å². The summed E-state index contributed by atoms with van der Waals surface area (Å²) in [6, 6.07) is 0. The van der Waals surface area contributed by atoms with E-state index in [2.05, 4.69) is 12.2 Å². The van der Waals surface area contributed by atoms with Crippen molar-refractivity contribution in [2.24, 2.45) is 0 Å². The quantitative estimate of drug-likeness (QED) is 0.389. The van der Waals surface area contributed by atoms with Gasteiger partial charge in [0.2, 0.25) is 5.91 Å². The Labute approximate surface area is 162 Å². The van der Waals surface area contributed by atoms with Crippen LogP contribution in [0.25, 0.3) is 0 Å². The van der Waals surface area contributed by atoms with Crippen molar-refractivity contribution >= 4 is 5.91 Å². The molecule has 0 aliphatic rings. The van der Waals surface area contributed by atoms with Crippen LogP contribution in [-0.4, -0.2) is 65.3 Å². The molecule has 0 radical (unpaired) electrons. The first kappa shape index (κ1) is 30.1. The molecule has 0 aromatic carbocycles. The Morgan fingerprint density at radius 2 is 1.08 bits per heavy atom. The lowest BCUT2D eigenvalue weighted by Crippen LogP contribution is -2.27. The number of carbonyl (C=O) groups excluding carboxylic acids is 1. The van der Waals surface area contributed by atoms with Gasteiger partial charge in [0.25, 0.3) is 0 Å². The molecule has 26 heavy (non-hydrogen) atoms. The van der Waals surface area contributed by atoms with Crippen LogP contribution in [0, 0.1) is 0 Å². The number of carbonyl (C=O) groups is 1. The van der Waals surface area contributed by atoms with Gasteiger partial charge in [-0.15, -0.1) is 0 Å². The Hall–Kier alpha value is -0.690. The second-order valence-electron chi connectivity index (χ2n) is 4.90. The fourth-order valence-corrected chi connectivity index (χ4v) is 1.59. The van der Waals surface area contributed by atoms with Crippen LogP contribution in [0.15, 0.2) is 0 Å². The van der Waals surface area contributed by atoms with Gasteiger partial charge in [-0.3, -0.25) is 4.79 Å². The molecular weight excluding hydrogens is 334 g/mol. The van der Waals surface area contributed by atoms with E-state index in [1.165, 1.54) is 0 Å². The Balaban J connectivity index is -0.00000123. The van der Waals surface area contributed by atoms with E-state index in [1.807, 2.05) is 34.6 Å². The zero-order chi connectivity index (χ0) is 20.3. The zero-order valence-electron chi connectivity index (χ0n) is 18.2. The van der Waals surface area contributed by atoms with Gasteiger partial charge in [0, 0.05) is 19.6 Å². The van der Waals surface area contributed by atoms with Gasteiger partial charge in [-0.25, -0.2) is 0 Å². The van der Waals surface area contributed by atoms with E-state index in [1.54, 1.807) is 0 Å². The SMILES string of the molecule is CC.CC.CCCCOCCOCCOCCOCCNC(=O)CCC. The predicted octanol–water partition coefficient (Wildman–Crippen LogP) is 3.82. The minimum Gasteiger partial charge on any atom is -0.379 e. The minimum atomic E-state index is 0.0816. The molecule has 0 fully saturated rings. The molecule has 0 aliphatic carbocycles. The molecule has 160 valence electrons. The van der Waals surface area contributed by atoms with E-state index in [4.69, 9.17) is 18.9 Å². The summed E-state index contributed by atoms with van der Waals surface area (Å²) < 4.78 is 21.5. The van der Waals surface area contributed by atoms with Gasteiger partial charge in [-0.1, -0.05) is 48.0 Å². The summed E-state index contributed by atoms with van der Waals surface area (Å²) in [4.78, 5) is 11.2. The fraction of sp³-hybridized carbons (Fsp3) is 0.950. The number of amides is 1. The van der Waals surface area contributed by atoms with Crippen molar-refractivity contribution in [3.8, 4) is 0 Å². The third kappa shape index (κ3) is 31.1. The van der Waals surface area contributed by atoms with Crippen molar-refractivity contribution < 1.29 is 23.7 Å². The monoisotopic (exact) mass is 379 g/mol. The molecule has 0 atom stereocenters. The van der Waals surface area contributed by atoms with Gasteiger partial charge in [0.05, 0.1) is 46.2 Å². The van der Waals surface area contributed by atoms with Gasteiger partial charge in [0.1, 0.15) is 0 Å². The topological polar surface area (TPSA) is 66.0 Å². The second kappa shape index (κ2) is 32.0. The molecule has 0 aromatic heterocycles. The van der Waals surface area contributed by atoms with E-state index in [9.17, 15) is 4.79 Å². The summed E-state index contributed by atoms with van der Waals surface area (Å²) in [6.45, 7) is 17.5. The molecule has 0 spiro atoms. The van der Waals surface area contributed by atoms with Crippen LogP contribution in [-0.2, 0) is 23.7 Å². The van der Waals surface area contributed by atoms with E-state index < -0.39 is 0 Å². The number of hydrogen-bond donors (Lipinski definition) is 1. The smallest absolute Gasteiger partial charge is 0.220 e. The van der Waals surface area contributed by atoms with Gasteiger partial charge >= 0.3 is 0 Å². The van der Waals surface area contributed by atoms with Crippen molar-refractivity contribution in [2.75, 3.05) is 59.4 Å². The van der Waals surface area contributed by atoms with E-state index in [0.717, 1.165) is 25.9 Å². The molecule has 0 aliphatic heterocycles. The highest BCUT2D eigenvalue weighted by Crippen LogP contribution is 1.88. The Kier molecular flexibility index (Phi) is 37.0. The maximum Gasteiger partial charge on any atom is 0.220 e. The normalized spacial score (nSPS) is 9.62. The van der Waals surface area contributed by atoms with Crippen LogP contribution in [0.4, 0.5) is 0 Å². The molecular formula is C20H45NO5.